The van der Waals surface area contributed by atoms with Crippen molar-refractivity contribution in [1.29, 1.82) is 0 Å². The third-order valence-electron chi connectivity index (χ3n) is 3.25. The van der Waals surface area contributed by atoms with Gasteiger partial charge in [0.15, 0.2) is 0 Å². The highest BCUT2D eigenvalue weighted by atomic mass is 19.1. The molecule has 0 saturated carbocycles. The number of carbonyl (C=O) groups excluding carboxylic acids is 1. The molecule has 1 saturated heterocycles. The maximum Gasteiger partial charge on any atom is 0.254 e. The first kappa shape index (κ1) is 13.0. The number of likely N-dealkylation sites (tertiary alicyclic amines) is 1. The molecule has 0 aliphatic carbocycles. The first-order valence-corrected chi connectivity index (χ1v) is 6.10. The molecule has 2 rings (SSSR count). The molecule has 1 fully saturated rings. The predicted molar refractivity (Wildman–Crippen MR) is 65.2 cm³/mol. The van der Waals surface area contributed by atoms with Crippen molar-refractivity contribution < 1.29 is 14.0 Å². The first-order valence-electron chi connectivity index (χ1n) is 6.10. The molecule has 0 spiro atoms. The minimum Gasteiger partial charge on any atom is -0.333 e. The fraction of sp³-hybridized carbons (Fsp3) is 0.462. The van der Waals surface area contributed by atoms with E-state index in [4.69, 9.17) is 5.90 Å². The molecule has 0 aromatic heterocycles. The Bertz CT molecular complexity index is 423. The second-order valence-electron chi connectivity index (χ2n) is 4.49. The molecule has 1 aromatic rings. The van der Waals surface area contributed by atoms with Crippen LogP contribution in [0.4, 0.5) is 4.39 Å². The van der Waals surface area contributed by atoms with Crippen LogP contribution in [0, 0.1) is 5.82 Å². The summed E-state index contributed by atoms with van der Waals surface area (Å²) in [6.07, 6.45) is 2.89. The second-order valence-corrected chi connectivity index (χ2v) is 4.49. The van der Waals surface area contributed by atoms with Crippen molar-refractivity contribution in [2.75, 3.05) is 13.2 Å². The highest BCUT2D eigenvalue weighted by Gasteiger charge is 2.27. The van der Waals surface area contributed by atoms with Gasteiger partial charge in [0, 0.05) is 12.1 Å². The number of amides is 1. The maximum absolute atomic E-state index is 13.1. The molecule has 4 nitrogen and oxygen atoms in total. The number of nitrogens with zero attached hydrogens (tertiary/aromatic N) is 1. The molecule has 1 amide bonds. The number of halogens is 1. The Morgan fingerprint density at radius 3 is 3.06 bits per heavy atom. The molecule has 1 unspecified atom stereocenters. The van der Waals surface area contributed by atoms with Crippen LogP contribution in [0.2, 0.25) is 0 Å². The number of rotatable bonds is 3. The first-order chi connectivity index (χ1) is 8.72. The van der Waals surface area contributed by atoms with E-state index < -0.39 is 5.82 Å². The standard InChI is InChI=1S/C13H17FN2O2/c14-11-5-3-4-10(8-11)13(17)16-7-2-1-6-12(16)9-18-15/h3-5,8,12H,1-2,6-7,9,15H2. The van der Waals surface area contributed by atoms with E-state index in [2.05, 4.69) is 4.84 Å². The summed E-state index contributed by atoms with van der Waals surface area (Å²) in [6.45, 7) is 0.991. The van der Waals surface area contributed by atoms with Gasteiger partial charge in [-0.15, -0.1) is 0 Å². The van der Waals surface area contributed by atoms with Crippen molar-refractivity contribution in [3.8, 4) is 0 Å². The van der Waals surface area contributed by atoms with Gasteiger partial charge in [0.05, 0.1) is 12.6 Å². The summed E-state index contributed by atoms with van der Waals surface area (Å²) < 4.78 is 13.1. The second kappa shape index (κ2) is 5.93. The third kappa shape index (κ3) is 2.86. The van der Waals surface area contributed by atoms with Crippen LogP contribution in [0.15, 0.2) is 24.3 Å². The number of nitrogens with two attached hydrogens (primary N) is 1. The maximum atomic E-state index is 13.1. The lowest BCUT2D eigenvalue weighted by atomic mass is 10.0. The van der Waals surface area contributed by atoms with Crippen molar-refractivity contribution in [3.63, 3.8) is 0 Å². The summed E-state index contributed by atoms with van der Waals surface area (Å²) in [7, 11) is 0. The van der Waals surface area contributed by atoms with Gasteiger partial charge in [0.1, 0.15) is 5.82 Å². The van der Waals surface area contributed by atoms with E-state index >= 15 is 0 Å². The van der Waals surface area contributed by atoms with Crippen molar-refractivity contribution in [2.24, 2.45) is 5.90 Å². The van der Waals surface area contributed by atoms with E-state index in [0.717, 1.165) is 19.3 Å². The summed E-state index contributed by atoms with van der Waals surface area (Å²) in [5.41, 5.74) is 0.374. The average molecular weight is 252 g/mol. The normalized spacial score (nSPS) is 19.9. The van der Waals surface area contributed by atoms with Crippen LogP contribution in [0.5, 0.6) is 0 Å². The van der Waals surface area contributed by atoms with Crippen molar-refractivity contribution in [2.45, 2.75) is 25.3 Å². The molecule has 1 aromatic carbocycles. The lowest BCUT2D eigenvalue weighted by Crippen LogP contribution is -2.46. The van der Waals surface area contributed by atoms with Crippen LogP contribution in [-0.2, 0) is 4.84 Å². The van der Waals surface area contributed by atoms with Gasteiger partial charge in [-0.2, -0.15) is 0 Å². The number of carbonyl (C=O) groups is 1. The van der Waals surface area contributed by atoms with Gasteiger partial charge in [-0.1, -0.05) is 6.07 Å². The largest absolute Gasteiger partial charge is 0.333 e. The summed E-state index contributed by atoms with van der Waals surface area (Å²) in [4.78, 5) is 18.7. The summed E-state index contributed by atoms with van der Waals surface area (Å²) >= 11 is 0. The molecule has 0 radical (unpaired) electrons. The van der Waals surface area contributed by atoms with E-state index in [-0.39, 0.29) is 11.9 Å². The molecule has 1 atom stereocenters. The monoisotopic (exact) mass is 252 g/mol. The Morgan fingerprint density at radius 1 is 1.50 bits per heavy atom. The van der Waals surface area contributed by atoms with Crippen LogP contribution < -0.4 is 5.90 Å². The van der Waals surface area contributed by atoms with E-state index in [1.54, 1.807) is 17.0 Å². The van der Waals surface area contributed by atoms with Crippen LogP contribution >= 0.6 is 0 Å². The Balaban J connectivity index is 2.15. The molecule has 1 aliphatic rings. The Labute approximate surface area is 105 Å². The summed E-state index contributed by atoms with van der Waals surface area (Å²) in [5.74, 6) is 4.53. The third-order valence-corrected chi connectivity index (χ3v) is 3.25. The molecular formula is C13H17FN2O2. The number of hydrogen-bond donors (Lipinski definition) is 1. The molecule has 0 bridgehead atoms. The zero-order valence-corrected chi connectivity index (χ0v) is 10.1. The van der Waals surface area contributed by atoms with Crippen molar-refractivity contribution >= 4 is 5.91 Å². The predicted octanol–water partition coefficient (Wildman–Crippen LogP) is 1.71. The highest BCUT2D eigenvalue weighted by molar-refractivity contribution is 5.94. The summed E-state index contributed by atoms with van der Waals surface area (Å²) in [6, 6.07) is 5.74. The van der Waals surface area contributed by atoms with E-state index in [1.165, 1.54) is 12.1 Å². The van der Waals surface area contributed by atoms with Crippen LogP contribution in [0.3, 0.4) is 0 Å². The van der Waals surface area contributed by atoms with Crippen molar-refractivity contribution in [3.05, 3.63) is 35.6 Å². The zero-order valence-electron chi connectivity index (χ0n) is 10.1. The number of benzene rings is 1. The lowest BCUT2D eigenvalue weighted by Gasteiger charge is -2.35. The van der Waals surface area contributed by atoms with E-state index in [0.29, 0.717) is 18.7 Å². The molecule has 18 heavy (non-hydrogen) atoms. The minimum atomic E-state index is -0.399. The van der Waals surface area contributed by atoms with Crippen molar-refractivity contribution in [1.82, 2.24) is 4.90 Å². The molecule has 1 aliphatic heterocycles. The average Bonchev–Trinajstić information content (AvgIpc) is 2.39. The Hall–Kier alpha value is -1.46. The number of piperidine rings is 1. The van der Waals surface area contributed by atoms with Gasteiger partial charge in [-0.3, -0.25) is 4.79 Å². The molecule has 5 heteroatoms. The van der Waals surface area contributed by atoms with E-state index in [9.17, 15) is 9.18 Å². The topological polar surface area (TPSA) is 55.6 Å². The van der Waals surface area contributed by atoms with E-state index in [1.807, 2.05) is 0 Å². The Kier molecular flexibility index (Phi) is 4.28. The van der Waals surface area contributed by atoms with Gasteiger partial charge in [0.25, 0.3) is 5.91 Å². The molecular weight excluding hydrogens is 235 g/mol. The zero-order chi connectivity index (χ0) is 13.0. The SMILES string of the molecule is NOCC1CCCCN1C(=O)c1cccc(F)c1. The van der Waals surface area contributed by atoms with Gasteiger partial charge in [-0.05, 0) is 37.5 Å². The number of hydrogen-bond acceptors (Lipinski definition) is 3. The van der Waals surface area contributed by atoms with Crippen LogP contribution in [-0.4, -0.2) is 30.0 Å². The van der Waals surface area contributed by atoms with Gasteiger partial charge in [0.2, 0.25) is 0 Å². The minimum absolute atomic E-state index is 0.0143. The fourth-order valence-corrected chi connectivity index (χ4v) is 2.34. The smallest absolute Gasteiger partial charge is 0.254 e. The summed E-state index contributed by atoms with van der Waals surface area (Å²) in [5, 5.41) is 0. The van der Waals surface area contributed by atoms with Gasteiger partial charge in [-0.25, -0.2) is 10.3 Å². The fourth-order valence-electron chi connectivity index (χ4n) is 2.34. The van der Waals surface area contributed by atoms with Gasteiger partial charge < -0.3 is 9.74 Å². The molecule has 2 N–H and O–H groups in total. The quantitative estimate of drug-likeness (QED) is 0.833. The molecule has 1 heterocycles. The lowest BCUT2D eigenvalue weighted by molar-refractivity contribution is 0.0313. The van der Waals surface area contributed by atoms with Crippen LogP contribution in [0.1, 0.15) is 29.6 Å². The van der Waals surface area contributed by atoms with Gasteiger partial charge >= 0.3 is 0 Å². The van der Waals surface area contributed by atoms with Crippen LogP contribution in [0.25, 0.3) is 0 Å². The highest BCUT2D eigenvalue weighted by Crippen LogP contribution is 2.20. The Morgan fingerprint density at radius 2 is 2.33 bits per heavy atom. The molecule has 98 valence electrons.